The van der Waals surface area contributed by atoms with E-state index in [1.165, 1.54) is 0 Å². The summed E-state index contributed by atoms with van der Waals surface area (Å²) in [5.41, 5.74) is -0.707. The van der Waals surface area contributed by atoms with E-state index in [0.717, 1.165) is 17.3 Å². The second-order valence-electron chi connectivity index (χ2n) is 5.85. The number of hydrogen-bond acceptors (Lipinski definition) is 3. The van der Waals surface area contributed by atoms with Crippen molar-refractivity contribution in [1.29, 1.82) is 0 Å². The zero-order valence-electron chi connectivity index (χ0n) is 12.5. The van der Waals surface area contributed by atoms with Gasteiger partial charge in [-0.1, -0.05) is 34.8 Å². The standard InChI is InChI=1S/C16H20BrNO4/c1-16(8-3-2-7-13(16)15(20)21)18-14(19)10-22-12-6-4-5-11(17)9-12/h4-6,9,13H,2-3,7-8,10H2,1H3,(H,18,19)(H,20,21). The minimum atomic E-state index is -0.851. The summed E-state index contributed by atoms with van der Waals surface area (Å²) in [5, 5.41) is 12.2. The summed E-state index contributed by atoms with van der Waals surface area (Å²) in [6, 6.07) is 7.23. The van der Waals surface area contributed by atoms with Crippen LogP contribution in [0.2, 0.25) is 0 Å². The average Bonchev–Trinajstić information content (AvgIpc) is 2.45. The van der Waals surface area contributed by atoms with Crippen molar-refractivity contribution in [3.05, 3.63) is 28.7 Å². The number of amides is 1. The summed E-state index contributed by atoms with van der Waals surface area (Å²) >= 11 is 3.34. The third-order valence-corrected chi connectivity index (χ3v) is 4.59. The Morgan fingerprint density at radius 1 is 1.45 bits per heavy atom. The van der Waals surface area contributed by atoms with Crippen LogP contribution >= 0.6 is 15.9 Å². The molecule has 1 aliphatic rings. The predicted octanol–water partition coefficient (Wildman–Crippen LogP) is 2.98. The van der Waals surface area contributed by atoms with Gasteiger partial charge in [-0.15, -0.1) is 0 Å². The van der Waals surface area contributed by atoms with E-state index >= 15 is 0 Å². The Balaban J connectivity index is 1.94. The van der Waals surface area contributed by atoms with Crippen molar-refractivity contribution in [2.24, 2.45) is 5.92 Å². The molecular formula is C16H20BrNO4. The molecule has 5 nitrogen and oxygen atoms in total. The van der Waals surface area contributed by atoms with E-state index in [4.69, 9.17) is 4.74 Å². The number of carboxylic acids is 1. The minimum Gasteiger partial charge on any atom is -0.484 e. The van der Waals surface area contributed by atoms with Crippen molar-refractivity contribution in [2.45, 2.75) is 38.1 Å². The van der Waals surface area contributed by atoms with Crippen molar-refractivity contribution in [3.63, 3.8) is 0 Å². The number of rotatable bonds is 5. The third kappa shape index (κ3) is 4.22. The first-order valence-corrected chi connectivity index (χ1v) is 8.12. The molecule has 1 amide bonds. The van der Waals surface area contributed by atoms with Crippen LogP contribution in [0.3, 0.4) is 0 Å². The number of ether oxygens (including phenoxy) is 1. The molecule has 120 valence electrons. The quantitative estimate of drug-likeness (QED) is 0.836. The second kappa shape index (κ2) is 7.13. The maximum atomic E-state index is 12.1. The molecule has 2 unspecified atom stereocenters. The summed E-state index contributed by atoms with van der Waals surface area (Å²) in [5.74, 6) is -1.10. The van der Waals surface area contributed by atoms with Crippen LogP contribution in [-0.2, 0) is 9.59 Å². The number of carboxylic acid groups (broad SMARTS) is 1. The molecule has 0 bridgehead atoms. The lowest BCUT2D eigenvalue weighted by molar-refractivity contribution is -0.146. The highest BCUT2D eigenvalue weighted by molar-refractivity contribution is 9.10. The van der Waals surface area contributed by atoms with Crippen molar-refractivity contribution in [3.8, 4) is 5.75 Å². The van der Waals surface area contributed by atoms with E-state index in [-0.39, 0.29) is 12.5 Å². The zero-order valence-corrected chi connectivity index (χ0v) is 14.1. The molecule has 2 rings (SSSR count). The highest BCUT2D eigenvalue weighted by Crippen LogP contribution is 2.33. The highest BCUT2D eigenvalue weighted by Gasteiger charge is 2.42. The molecule has 1 saturated carbocycles. The first-order valence-electron chi connectivity index (χ1n) is 7.33. The Morgan fingerprint density at radius 2 is 2.23 bits per heavy atom. The number of carbonyl (C=O) groups is 2. The lowest BCUT2D eigenvalue weighted by atomic mass is 9.74. The Labute approximate surface area is 138 Å². The lowest BCUT2D eigenvalue weighted by Crippen LogP contribution is -2.56. The van der Waals surface area contributed by atoms with Crippen LogP contribution in [0.1, 0.15) is 32.6 Å². The van der Waals surface area contributed by atoms with Gasteiger partial charge >= 0.3 is 5.97 Å². The van der Waals surface area contributed by atoms with E-state index in [1.54, 1.807) is 12.1 Å². The van der Waals surface area contributed by atoms with Crippen LogP contribution in [0, 0.1) is 5.92 Å². The predicted molar refractivity (Wildman–Crippen MR) is 85.8 cm³/mol. The van der Waals surface area contributed by atoms with Gasteiger partial charge < -0.3 is 15.2 Å². The molecular weight excluding hydrogens is 350 g/mol. The van der Waals surface area contributed by atoms with Gasteiger partial charge in [-0.2, -0.15) is 0 Å². The molecule has 1 aliphatic carbocycles. The maximum Gasteiger partial charge on any atom is 0.308 e. The van der Waals surface area contributed by atoms with Gasteiger partial charge in [-0.05, 0) is 38.0 Å². The number of aliphatic carboxylic acids is 1. The summed E-state index contributed by atoms with van der Waals surface area (Å²) in [4.78, 5) is 23.5. The van der Waals surface area contributed by atoms with Crippen LogP contribution in [0.5, 0.6) is 5.75 Å². The van der Waals surface area contributed by atoms with Gasteiger partial charge in [0.2, 0.25) is 0 Å². The zero-order chi connectivity index (χ0) is 16.2. The summed E-state index contributed by atoms with van der Waals surface area (Å²) in [6.07, 6.45) is 3.08. The van der Waals surface area contributed by atoms with Crippen molar-refractivity contribution >= 4 is 27.8 Å². The van der Waals surface area contributed by atoms with E-state index in [2.05, 4.69) is 21.2 Å². The minimum absolute atomic E-state index is 0.127. The summed E-state index contributed by atoms with van der Waals surface area (Å²) in [7, 11) is 0. The van der Waals surface area contributed by atoms with Crippen molar-refractivity contribution < 1.29 is 19.4 Å². The van der Waals surface area contributed by atoms with Crippen molar-refractivity contribution in [1.82, 2.24) is 5.32 Å². The monoisotopic (exact) mass is 369 g/mol. The molecule has 0 saturated heterocycles. The Hall–Kier alpha value is -1.56. The molecule has 1 aromatic rings. The number of carbonyl (C=O) groups excluding carboxylic acids is 1. The van der Waals surface area contributed by atoms with Crippen LogP contribution in [0.15, 0.2) is 28.7 Å². The molecule has 0 aliphatic heterocycles. The SMILES string of the molecule is CC1(NC(=O)COc2cccc(Br)c2)CCCCC1C(=O)O. The number of halogens is 1. The fourth-order valence-electron chi connectivity index (χ4n) is 2.94. The van der Waals surface area contributed by atoms with Crippen LogP contribution < -0.4 is 10.1 Å². The Morgan fingerprint density at radius 3 is 2.91 bits per heavy atom. The van der Waals surface area contributed by atoms with E-state index in [1.807, 2.05) is 19.1 Å². The highest BCUT2D eigenvalue weighted by atomic mass is 79.9. The number of hydrogen-bond donors (Lipinski definition) is 2. The first-order chi connectivity index (χ1) is 10.4. The summed E-state index contributed by atoms with van der Waals surface area (Å²) in [6.45, 7) is 1.68. The molecule has 6 heteroatoms. The average molecular weight is 370 g/mol. The number of benzene rings is 1. The fourth-order valence-corrected chi connectivity index (χ4v) is 3.32. The lowest BCUT2D eigenvalue weighted by Gasteiger charge is -2.39. The second-order valence-corrected chi connectivity index (χ2v) is 6.76. The Bertz CT molecular complexity index is 563. The van der Waals surface area contributed by atoms with Gasteiger partial charge in [0.15, 0.2) is 6.61 Å². The van der Waals surface area contributed by atoms with Crippen LogP contribution in [-0.4, -0.2) is 29.1 Å². The largest absolute Gasteiger partial charge is 0.484 e. The van der Waals surface area contributed by atoms with Gasteiger partial charge in [-0.25, -0.2) is 0 Å². The topological polar surface area (TPSA) is 75.6 Å². The van der Waals surface area contributed by atoms with Gasteiger partial charge in [0.25, 0.3) is 5.91 Å². The van der Waals surface area contributed by atoms with E-state index < -0.39 is 17.4 Å². The van der Waals surface area contributed by atoms with Gasteiger partial charge in [-0.3, -0.25) is 9.59 Å². The molecule has 22 heavy (non-hydrogen) atoms. The smallest absolute Gasteiger partial charge is 0.308 e. The van der Waals surface area contributed by atoms with Gasteiger partial charge in [0.1, 0.15) is 5.75 Å². The van der Waals surface area contributed by atoms with Crippen LogP contribution in [0.4, 0.5) is 0 Å². The first kappa shape index (κ1) is 16.8. The van der Waals surface area contributed by atoms with Gasteiger partial charge in [0, 0.05) is 4.47 Å². The normalized spacial score (nSPS) is 24.5. The molecule has 2 N–H and O–H groups in total. The maximum absolute atomic E-state index is 12.1. The molecule has 0 spiro atoms. The molecule has 0 heterocycles. The van der Waals surface area contributed by atoms with Crippen molar-refractivity contribution in [2.75, 3.05) is 6.61 Å². The van der Waals surface area contributed by atoms with E-state index in [9.17, 15) is 14.7 Å². The van der Waals surface area contributed by atoms with E-state index in [0.29, 0.717) is 18.6 Å². The molecule has 0 aromatic heterocycles. The molecule has 1 fully saturated rings. The molecule has 0 radical (unpaired) electrons. The molecule has 1 aromatic carbocycles. The Kier molecular flexibility index (Phi) is 5.45. The van der Waals surface area contributed by atoms with Gasteiger partial charge in [0.05, 0.1) is 11.5 Å². The number of nitrogens with one attached hydrogen (secondary N) is 1. The summed E-state index contributed by atoms with van der Waals surface area (Å²) < 4.78 is 6.31. The third-order valence-electron chi connectivity index (χ3n) is 4.10. The molecule has 2 atom stereocenters. The fraction of sp³-hybridized carbons (Fsp3) is 0.500. The van der Waals surface area contributed by atoms with Crippen LogP contribution in [0.25, 0.3) is 0 Å².